The van der Waals surface area contributed by atoms with E-state index in [0.29, 0.717) is 25.3 Å². The van der Waals surface area contributed by atoms with Crippen LogP contribution in [0.1, 0.15) is 37.3 Å². The van der Waals surface area contributed by atoms with Crippen LogP contribution in [-0.4, -0.2) is 43.0 Å². The number of benzene rings is 2. The summed E-state index contributed by atoms with van der Waals surface area (Å²) >= 11 is 0. The van der Waals surface area contributed by atoms with Gasteiger partial charge in [-0.05, 0) is 35.7 Å². The van der Waals surface area contributed by atoms with Crippen molar-refractivity contribution in [3.8, 4) is 5.75 Å². The zero-order valence-corrected chi connectivity index (χ0v) is 17.5. The summed E-state index contributed by atoms with van der Waals surface area (Å²) < 4.78 is 10.9. The number of hydrogen-bond acceptors (Lipinski definition) is 5. The first-order valence-electron chi connectivity index (χ1n) is 9.85. The molecule has 0 saturated carbocycles. The van der Waals surface area contributed by atoms with Gasteiger partial charge < -0.3 is 9.47 Å². The minimum absolute atomic E-state index is 0.0411. The van der Waals surface area contributed by atoms with Gasteiger partial charge in [-0.3, -0.25) is 19.4 Å². The molecule has 0 N–H and O–H groups in total. The van der Waals surface area contributed by atoms with Crippen molar-refractivity contribution in [2.75, 3.05) is 25.1 Å². The lowest BCUT2D eigenvalue weighted by Gasteiger charge is -2.20. The van der Waals surface area contributed by atoms with Crippen molar-refractivity contribution in [1.29, 1.82) is 0 Å². The number of rotatable bonds is 6. The lowest BCUT2D eigenvalue weighted by atomic mass is 9.97. The molecule has 3 rings (SSSR count). The summed E-state index contributed by atoms with van der Waals surface area (Å²) in [5, 5.41) is 0. The lowest BCUT2D eigenvalue weighted by molar-refractivity contribution is -0.142. The average Bonchev–Trinajstić information content (AvgIpc) is 3.10. The van der Waals surface area contributed by atoms with Crippen LogP contribution in [-0.2, 0) is 20.9 Å². The molecule has 7 nitrogen and oxygen atoms in total. The van der Waals surface area contributed by atoms with Gasteiger partial charge in [-0.2, -0.15) is 0 Å². The van der Waals surface area contributed by atoms with E-state index in [-0.39, 0.29) is 24.3 Å². The highest BCUT2D eigenvalue weighted by atomic mass is 16.6. The zero-order chi connectivity index (χ0) is 21.7. The maximum Gasteiger partial charge on any atom is 0.414 e. The van der Waals surface area contributed by atoms with Gasteiger partial charge >= 0.3 is 6.09 Å². The maximum absolute atomic E-state index is 12.8. The topological polar surface area (TPSA) is 76.2 Å². The molecular weight excluding hydrogens is 384 g/mol. The number of nitrogens with zero attached hydrogens (tertiary/aromatic N) is 2. The number of fused-ring (bicyclic) bond motifs is 1. The number of ether oxygens (including phenoxy) is 2. The Kier molecular flexibility index (Phi) is 6.72. The standard InChI is InChI=1S/C23H26N2O5/c1-16(26)24(17(2)27)12-11-19-14-25(22-10-9-20(29-3)13-21(19)22)23(28)30-15-18-7-5-4-6-8-18/h4-10,13,19H,11-12,14-15H2,1-3H3. The van der Waals surface area contributed by atoms with E-state index in [4.69, 9.17) is 9.47 Å². The second-order valence-corrected chi connectivity index (χ2v) is 7.25. The monoisotopic (exact) mass is 410 g/mol. The molecule has 158 valence electrons. The van der Waals surface area contributed by atoms with Crippen LogP contribution >= 0.6 is 0 Å². The molecule has 1 heterocycles. The molecular formula is C23H26N2O5. The first kappa shape index (κ1) is 21.4. The largest absolute Gasteiger partial charge is 0.497 e. The summed E-state index contributed by atoms with van der Waals surface area (Å²) in [5.41, 5.74) is 2.62. The Morgan fingerprint density at radius 1 is 1.07 bits per heavy atom. The van der Waals surface area contributed by atoms with Gasteiger partial charge in [-0.1, -0.05) is 30.3 Å². The van der Waals surface area contributed by atoms with Gasteiger partial charge in [-0.15, -0.1) is 0 Å². The van der Waals surface area contributed by atoms with E-state index in [0.717, 1.165) is 16.8 Å². The highest BCUT2D eigenvalue weighted by Crippen LogP contribution is 2.40. The lowest BCUT2D eigenvalue weighted by Crippen LogP contribution is -2.35. The highest BCUT2D eigenvalue weighted by molar-refractivity contribution is 5.93. The van der Waals surface area contributed by atoms with E-state index < -0.39 is 6.09 Å². The van der Waals surface area contributed by atoms with Crippen molar-refractivity contribution in [3.05, 3.63) is 59.7 Å². The average molecular weight is 410 g/mol. The van der Waals surface area contributed by atoms with Crippen LogP contribution in [0.2, 0.25) is 0 Å². The number of amides is 3. The molecule has 30 heavy (non-hydrogen) atoms. The predicted octanol–water partition coefficient (Wildman–Crippen LogP) is 3.72. The Morgan fingerprint density at radius 3 is 2.40 bits per heavy atom. The Labute approximate surface area is 176 Å². The fourth-order valence-corrected chi connectivity index (χ4v) is 3.69. The molecule has 1 aliphatic rings. The molecule has 0 bridgehead atoms. The molecule has 1 aliphatic heterocycles. The fourth-order valence-electron chi connectivity index (χ4n) is 3.69. The van der Waals surface area contributed by atoms with E-state index in [1.807, 2.05) is 42.5 Å². The molecule has 0 spiro atoms. The van der Waals surface area contributed by atoms with E-state index in [2.05, 4.69) is 0 Å². The molecule has 0 saturated heterocycles. The molecule has 0 aliphatic carbocycles. The minimum atomic E-state index is -0.428. The summed E-state index contributed by atoms with van der Waals surface area (Å²) in [6, 6.07) is 15.0. The number of carbonyl (C=O) groups is 3. The van der Waals surface area contributed by atoms with Crippen LogP contribution < -0.4 is 9.64 Å². The van der Waals surface area contributed by atoms with Gasteiger partial charge in [0.1, 0.15) is 12.4 Å². The second kappa shape index (κ2) is 9.43. The Balaban J connectivity index is 1.75. The molecule has 2 aromatic rings. The van der Waals surface area contributed by atoms with Gasteiger partial charge in [-0.25, -0.2) is 4.79 Å². The smallest absolute Gasteiger partial charge is 0.414 e. The van der Waals surface area contributed by atoms with Crippen molar-refractivity contribution in [2.24, 2.45) is 0 Å². The number of imide groups is 1. The zero-order valence-electron chi connectivity index (χ0n) is 17.5. The van der Waals surface area contributed by atoms with Crippen molar-refractivity contribution in [2.45, 2.75) is 32.8 Å². The quantitative estimate of drug-likeness (QED) is 0.725. The van der Waals surface area contributed by atoms with Gasteiger partial charge in [0, 0.05) is 32.9 Å². The van der Waals surface area contributed by atoms with Gasteiger partial charge in [0.25, 0.3) is 0 Å². The molecule has 2 aromatic carbocycles. The van der Waals surface area contributed by atoms with Crippen LogP contribution in [0.4, 0.5) is 10.5 Å². The summed E-state index contributed by atoms with van der Waals surface area (Å²) in [6.07, 6.45) is 0.115. The molecule has 1 unspecified atom stereocenters. The van der Waals surface area contributed by atoms with Gasteiger partial charge in [0.15, 0.2) is 0 Å². The third-order valence-electron chi connectivity index (χ3n) is 5.26. The van der Waals surface area contributed by atoms with Crippen LogP contribution in [0, 0.1) is 0 Å². The van der Waals surface area contributed by atoms with Crippen LogP contribution in [0.5, 0.6) is 5.75 Å². The molecule has 0 aromatic heterocycles. The van der Waals surface area contributed by atoms with Crippen LogP contribution in [0.3, 0.4) is 0 Å². The van der Waals surface area contributed by atoms with E-state index in [1.54, 1.807) is 18.1 Å². The number of hydrogen-bond donors (Lipinski definition) is 0. The summed E-state index contributed by atoms with van der Waals surface area (Å²) in [4.78, 5) is 39.1. The number of methoxy groups -OCH3 is 1. The molecule has 3 amide bonds. The molecule has 0 radical (unpaired) electrons. The minimum Gasteiger partial charge on any atom is -0.497 e. The predicted molar refractivity (Wildman–Crippen MR) is 112 cm³/mol. The van der Waals surface area contributed by atoms with Crippen molar-refractivity contribution in [1.82, 2.24) is 4.90 Å². The van der Waals surface area contributed by atoms with E-state index >= 15 is 0 Å². The van der Waals surface area contributed by atoms with E-state index in [1.165, 1.54) is 18.7 Å². The fraction of sp³-hybridized carbons (Fsp3) is 0.348. The Bertz CT molecular complexity index is 914. The Hall–Kier alpha value is -3.35. The normalized spacial score (nSPS) is 14.8. The van der Waals surface area contributed by atoms with Gasteiger partial charge in [0.2, 0.25) is 11.8 Å². The van der Waals surface area contributed by atoms with Crippen molar-refractivity contribution >= 4 is 23.6 Å². The van der Waals surface area contributed by atoms with Crippen LogP contribution in [0.25, 0.3) is 0 Å². The molecule has 1 atom stereocenters. The third-order valence-corrected chi connectivity index (χ3v) is 5.26. The highest BCUT2D eigenvalue weighted by Gasteiger charge is 2.34. The number of carbonyl (C=O) groups excluding carboxylic acids is 3. The van der Waals surface area contributed by atoms with Crippen molar-refractivity contribution < 1.29 is 23.9 Å². The van der Waals surface area contributed by atoms with E-state index in [9.17, 15) is 14.4 Å². The Morgan fingerprint density at radius 2 is 1.77 bits per heavy atom. The molecule has 7 heteroatoms. The SMILES string of the molecule is COc1ccc2c(c1)C(CCN(C(C)=O)C(C)=O)CN2C(=O)OCc1ccccc1. The third kappa shape index (κ3) is 4.79. The summed E-state index contributed by atoms with van der Waals surface area (Å²) in [6.45, 7) is 3.65. The van der Waals surface area contributed by atoms with Gasteiger partial charge in [0.05, 0.1) is 12.8 Å². The first-order valence-corrected chi connectivity index (χ1v) is 9.85. The van der Waals surface area contributed by atoms with Crippen LogP contribution in [0.15, 0.2) is 48.5 Å². The first-order chi connectivity index (χ1) is 14.4. The number of anilines is 1. The molecule has 0 fully saturated rings. The van der Waals surface area contributed by atoms with Crippen molar-refractivity contribution in [3.63, 3.8) is 0 Å². The summed E-state index contributed by atoms with van der Waals surface area (Å²) in [7, 11) is 1.59. The summed E-state index contributed by atoms with van der Waals surface area (Å²) in [5.74, 6) is 0.0739. The second-order valence-electron chi connectivity index (χ2n) is 7.25. The maximum atomic E-state index is 12.8.